The van der Waals surface area contributed by atoms with E-state index in [-0.39, 0.29) is 27.3 Å². The largest absolute Gasteiger partial charge is 0.780 e. The number of hydrogen-bond donors (Lipinski definition) is 0. The predicted molar refractivity (Wildman–Crippen MR) is 237 cm³/mol. The third kappa shape index (κ3) is 12.7. The monoisotopic (exact) mass is 826 g/mol. The first-order chi connectivity index (χ1) is 24.6. The molecule has 0 bridgehead atoms. The zero-order valence-corrected chi connectivity index (χ0v) is 37.3. The van der Waals surface area contributed by atoms with Crippen LogP contribution in [0.2, 0.25) is 0 Å². The van der Waals surface area contributed by atoms with Gasteiger partial charge in [0.15, 0.2) is 0 Å². The van der Waals surface area contributed by atoms with Crippen molar-refractivity contribution in [3.05, 3.63) is 129 Å². The fourth-order valence-corrected chi connectivity index (χ4v) is 6.67. The van der Waals surface area contributed by atoms with Crippen LogP contribution in [0.25, 0.3) is 19.6 Å². The van der Waals surface area contributed by atoms with Crippen LogP contribution < -0.4 is 9.47 Å². The molecule has 4 aromatic rings. The molecule has 0 aliphatic rings. The van der Waals surface area contributed by atoms with E-state index in [4.69, 9.17) is 60.0 Å². The summed E-state index contributed by atoms with van der Waals surface area (Å²) in [5.74, 6) is 1.78. The van der Waals surface area contributed by atoms with Crippen molar-refractivity contribution in [2.45, 2.75) is 106 Å². The van der Waals surface area contributed by atoms with E-state index >= 15 is 0 Å². The summed E-state index contributed by atoms with van der Waals surface area (Å²) in [7, 11) is 0. The van der Waals surface area contributed by atoms with Gasteiger partial charge >= 0.3 is 0 Å². The van der Waals surface area contributed by atoms with Crippen LogP contribution in [0, 0.1) is 0 Å². The Hall–Kier alpha value is -2.67. The van der Waals surface area contributed by atoms with Crippen molar-refractivity contribution in [3.63, 3.8) is 0 Å². The molecule has 0 aromatic heterocycles. The van der Waals surface area contributed by atoms with E-state index in [0.717, 1.165) is 59.4 Å². The summed E-state index contributed by atoms with van der Waals surface area (Å²) in [4.78, 5) is 2.79. The SMILES string of the molecule is CCCOc1c(/C([S-])=C(/[S-])c2ccccc2)cc(CC)cc1C(C)(C)C.CCCOc1c(/C([S-])=C(/[S-])c2ccccc2)cc(CC)cc1C(C)(C)C.[Ni]. The Labute approximate surface area is 353 Å². The van der Waals surface area contributed by atoms with Gasteiger partial charge in [0.1, 0.15) is 11.5 Å². The normalized spacial score (nSPS) is 12.4. The quantitative estimate of drug-likeness (QED) is 0.0799. The molecule has 0 saturated carbocycles. The van der Waals surface area contributed by atoms with Crippen LogP contribution in [0.15, 0.2) is 84.9 Å². The smallest absolute Gasteiger partial charge is 0.128 e. The van der Waals surface area contributed by atoms with E-state index in [1.807, 2.05) is 60.7 Å². The topological polar surface area (TPSA) is 18.5 Å². The van der Waals surface area contributed by atoms with Gasteiger partial charge in [0.25, 0.3) is 0 Å². The summed E-state index contributed by atoms with van der Waals surface area (Å²) < 4.78 is 12.4. The third-order valence-electron chi connectivity index (χ3n) is 8.60. The van der Waals surface area contributed by atoms with Crippen LogP contribution in [-0.2, 0) is 90.7 Å². The minimum absolute atomic E-state index is 0. The first-order valence-corrected chi connectivity index (χ1v) is 20.1. The van der Waals surface area contributed by atoms with Crippen LogP contribution in [0.4, 0.5) is 0 Å². The van der Waals surface area contributed by atoms with Gasteiger partial charge in [-0.15, -0.1) is 0 Å². The van der Waals surface area contributed by atoms with Crippen molar-refractivity contribution in [2.24, 2.45) is 0 Å². The van der Waals surface area contributed by atoms with Crippen molar-refractivity contribution in [3.8, 4) is 11.5 Å². The summed E-state index contributed by atoms with van der Waals surface area (Å²) in [6.45, 7) is 23.2. The van der Waals surface area contributed by atoms with Gasteiger partial charge in [0.05, 0.1) is 13.2 Å². The van der Waals surface area contributed by atoms with Gasteiger partial charge in [-0.1, -0.05) is 142 Å². The van der Waals surface area contributed by atoms with Crippen LogP contribution in [-0.4, -0.2) is 13.2 Å². The Morgan fingerprint density at radius 2 is 0.811 bits per heavy atom. The molecule has 53 heavy (non-hydrogen) atoms. The molecule has 0 heterocycles. The Morgan fingerprint density at radius 1 is 0.491 bits per heavy atom. The number of aryl methyl sites for hydroxylation is 2. The van der Waals surface area contributed by atoms with Crippen LogP contribution >= 0.6 is 0 Å². The molecule has 0 spiro atoms. The minimum Gasteiger partial charge on any atom is -0.780 e. The Balaban J connectivity index is 0.000000360. The number of ether oxygens (including phenoxy) is 2. The molecule has 0 atom stereocenters. The molecular formula is C46H56NiO2S4-4. The van der Waals surface area contributed by atoms with Gasteiger partial charge in [0.2, 0.25) is 0 Å². The average Bonchev–Trinajstić information content (AvgIpc) is 3.14. The summed E-state index contributed by atoms with van der Waals surface area (Å²) in [6, 6.07) is 28.8. The van der Waals surface area contributed by atoms with Gasteiger partial charge < -0.3 is 60.0 Å². The minimum atomic E-state index is -0.0347. The van der Waals surface area contributed by atoms with Gasteiger partial charge in [-0.3, -0.25) is 0 Å². The Bertz CT molecular complexity index is 1680. The first kappa shape index (κ1) is 46.5. The van der Waals surface area contributed by atoms with Crippen molar-refractivity contribution >= 4 is 70.1 Å². The second kappa shape index (κ2) is 21.4. The molecule has 2 nitrogen and oxygen atoms in total. The third-order valence-corrected chi connectivity index (χ3v) is 10.6. The van der Waals surface area contributed by atoms with Gasteiger partial charge in [0, 0.05) is 27.6 Å². The molecule has 290 valence electrons. The zero-order valence-electron chi connectivity index (χ0n) is 33.1. The summed E-state index contributed by atoms with van der Waals surface area (Å²) in [5.41, 5.74) is 8.69. The second-order valence-electron chi connectivity index (χ2n) is 15.0. The van der Waals surface area contributed by atoms with Crippen molar-refractivity contribution in [2.75, 3.05) is 13.2 Å². The number of benzene rings is 4. The summed E-state index contributed by atoms with van der Waals surface area (Å²) >= 11 is 23.1. The number of rotatable bonds is 12. The van der Waals surface area contributed by atoms with E-state index in [1.165, 1.54) is 22.3 Å². The van der Waals surface area contributed by atoms with E-state index in [9.17, 15) is 0 Å². The molecule has 0 fully saturated rings. The van der Waals surface area contributed by atoms with Crippen molar-refractivity contribution < 1.29 is 26.0 Å². The summed E-state index contributed by atoms with van der Waals surface area (Å²) in [6.07, 6.45) is 3.80. The number of hydrogen-bond acceptors (Lipinski definition) is 6. The molecule has 0 radical (unpaired) electrons. The van der Waals surface area contributed by atoms with Gasteiger partial charge in [-0.05, 0) is 82.0 Å². The van der Waals surface area contributed by atoms with Crippen LogP contribution in [0.3, 0.4) is 0 Å². The molecule has 0 aliphatic carbocycles. The molecule has 0 N–H and O–H groups in total. The summed E-state index contributed by atoms with van der Waals surface area (Å²) in [5, 5.41) is 0. The molecule has 4 rings (SSSR count). The second-order valence-corrected chi connectivity index (χ2v) is 16.6. The van der Waals surface area contributed by atoms with E-state index in [1.54, 1.807) is 0 Å². The molecular weight excluding hydrogens is 771 g/mol. The van der Waals surface area contributed by atoms with Crippen molar-refractivity contribution in [1.29, 1.82) is 0 Å². The van der Waals surface area contributed by atoms with E-state index in [2.05, 4.69) is 93.5 Å². The van der Waals surface area contributed by atoms with E-state index < -0.39 is 0 Å². The molecule has 7 heteroatoms. The van der Waals surface area contributed by atoms with Gasteiger partial charge in [-0.25, -0.2) is 0 Å². The first-order valence-electron chi connectivity index (χ1n) is 18.5. The standard InChI is InChI=1S/2C23H30OS2.Ni/c2*1-6-13-24-20-18(14-16(7-2)15-19(20)23(3,4)5)22(26)21(25)17-11-9-8-10-12-17;/h2*8-12,14-15,25-26H,6-7,13H2,1-5H3;/p-4/b2*22-21-;. The average molecular weight is 828 g/mol. The zero-order chi connectivity index (χ0) is 38.6. The fourth-order valence-electron chi connectivity index (χ4n) is 5.64. The molecule has 4 aromatic carbocycles. The molecule has 0 unspecified atom stereocenters. The Morgan fingerprint density at radius 3 is 1.08 bits per heavy atom. The van der Waals surface area contributed by atoms with Crippen molar-refractivity contribution in [1.82, 2.24) is 0 Å². The van der Waals surface area contributed by atoms with Crippen LogP contribution in [0.5, 0.6) is 11.5 Å². The molecule has 0 aliphatic heterocycles. The Kier molecular flexibility index (Phi) is 18.8. The fraction of sp³-hybridized carbons (Fsp3) is 0.391. The van der Waals surface area contributed by atoms with E-state index in [0.29, 0.717) is 32.8 Å². The molecule has 0 saturated heterocycles. The predicted octanol–water partition coefficient (Wildman–Crippen LogP) is 12.5. The maximum Gasteiger partial charge on any atom is 0.128 e. The maximum atomic E-state index is 6.20. The van der Waals surface area contributed by atoms with Gasteiger partial charge in [-0.2, -0.15) is 19.6 Å². The van der Waals surface area contributed by atoms with Crippen LogP contribution in [0.1, 0.15) is 127 Å². The maximum absolute atomic E-state index is 6.20. The molecule has 0 amide bonds.